The Kier molecular flexibility index (Phi) is 3.34. The normalized spacial score (nSPS) is 30.4. The molecule has 0 saturated heterocycles. The van der Waals surface area contributed by atoms with E-state index in [1.54, 1.807) is 0 Å². The summed E-state index contributed by atoms with van der Waals surface area (Å²) in [6, 6.07) is 9.59. The Morgan fingerprint density at radius 3 is 2.60 bits per heavy atom. The molecular formula is C15H17NO4. The number of carbonyl (C=O) groups is 2. The molecule has 2 aliphatic carbocycles. The molecule has 20 heavy (non-hydrogen) atoms. The minimum absolute atomic E-state index is 0.0904. The largest absolute Gasteiger partial charge is 0.481 e. The molecule has 0 radical (unpaired) electrons. The van der Waals surface area contributed by atoms with Crippen LogP contribution in [0, 0.1) is 17.8 Å². The van der Waals surface area contributed by atoms with Crippen molar-refractivity contribution in [2.45, 2.75) is 25.5 Å². The minimum atomic E-state index is -0.715. The molecule has 5 heteroatoms. The van der Waals surface area contributed by atoms with E-state index in [1.807, 2.05) is 30.3 Å². The van der Waals surface area contributed by atoms with Crippen LogP contribution in [0.5, 0.6) is 0 Å². The van der Waals surface area contributed by atoms with E-state index in [-0.39, 0.29) is 24.5 Å². The van der Waals surface area contributed by atoms with E-state index in [9.17, 15) is 9.59 Å². The molecule has 0 aliphatic heterocycles. The number of alkyl carbamates (subject to hydrolysis) is 1. The fourth-order valence-electron chi connectivity index (χ4n) is 2.74. The highest BCUT2D eigenvalue weighted by Gasteiger charge is 2.57. The Morgan fingerprint density at radius 2 is 1.95 bits per heavy atom. The lowest BCUT2D eigenvalue weighted by atomic mass is 10.2. The Bertz CT molecular complexity index is 516. The van der Waals surface area contributed by atoms with Crippen LogP contribution in [0.4, 0.5) is 4.79 Å². The molecular weight excluding hydrogens is 258 g/mol. The Balaban J connectivity index is 1.38. The molecule has 0 aromatic heterocycles. The Morgan fingerprint density at radius 1 is 1.20 bits per heavy atom. The topological polar surface area (TPSA) is 75.6 Å². The molecule has 0 heterocycles. The number of hydrogen-bond donors (Lipinski definition) is 2. The fraction of sp³-hybridized carbons (Fsp3) is 0.467. The summed E-state index contributed by atoms with van der Waals surface area (Å²) < 4.78 is 5.14. The van der Waals surface area contributed by atoms with Crippen LogP contribution in [-0.4, -0.2) is 23.2 Å². The lowest BCUT2D eigenvalue weighted by molar-refractivity contribution is -0.138. The van der Waals surface area contributed by atoms with Crippen LogP contribution in [-0.2, 0) is 16.1 Å². The van der Waals surface area contributed by atoms with Gasteiger partial charge in [-0.15, -0.1) is 0 Å². The summed E-state index contributed by atoms with van der Waals surface area (Å²) in [4.78, 5) is 22.4. The van der Waals surface area contributed by atoms with E-state index >= 15 is 0 Å². The standard InChI is InChI=1S/C15H17NO4/c17-14(18)12-6-10(12)11-7-13(11)16-15(19)20-8-9-4-2-1-3-5-9/h1-5,10-13H,6-8H2,(H,16,19)(H,17,18)/t10-,11+,12-,13+/m1/s1. The predicted molar refractivity (Wildman–Crippen MR) is 70.9 cm³/mol. The highest BCUT2D eigenvalue weighted by atomic mass is 16.5. The van der Waals surface area contributed by atoms with Crippen molar-refractivity contribution in [3.8, 4) is 0 Å². The second-order valence-corrected chi connectivity index (χ2v) is 5.56. The van der Waals surface area contributed by atoms with Crippen molar-refractivity contribution >= 4 is 12.1 Å². The molecule has 0 bridgehead atoms. The van der Waals surface area contributed by atoms with Gasteiger partial charge in [-0.2, -0.15) is 0 Å². The van der Waals surface area contributed by atoms with Gasteiger partial charge in [0.05, 0.1) is 5.92 Å². The molecule has 4 atom stereocenters. The van der Waals surface area contributed by atoms with Crippen molar-refractivity contribution in [2.24, 2.45) is 17.8 Å². The zero-order chi connectivity index (χ0) is 14.1. The first kappa shape index (κ1) is 13.0. The summed E-state index contributed by atoms with van der Waals surface area (Å²) in [5.41, 5.74) is 0.947. The molecule has 2 fully saturated rings. The van der Waals surface area contributed by atoms with Gasteiger partial charge in [0.2, 0.25) is 0 Å². The number of nitrogens with one attached hydrogen (secondary N) is 1. The zero-order valence-electron chi connectivity index (χ0n) is 11.0. The summed E-state index contributed by atoms with van der Waals surface area (Å²) in [5, 5.41) is 11.7. The Labute approximate surface area is 116 Å². The third-order valence-electron chi connectivity index (χ3n) is 4.06. The summed E-state index contributed by atoms with van der Waals surface area (Å²) in [6.45, 7) is 0.255. The first-order valence-electron chi connectivity index (χ1n) is 6.85. The molecule has 5 nitrogen and oxygen atoms in total. The van der Waals surface area contributed by atoms with Crippen LogP contribution in [0.15, 0.2) is 30.3 Å². The SMILES string of the molecule is O=C(N[C@H]1C[C@H]1[C@H]1C[C@H]1C(=O)O)OCc1ccccc1. The number of benzene rings is 1. The van der Waals surface area contributed by atoms with Gasteiger partial charge in [-0.1, -0.05) is 30.3 Å². The summed E-state index contributed by atoms with van der Waals surface area (Å²) in [6.07, 6.45) is 1.19. The van der Waals surface area contributed by atoms with Gasteiger partial charge >= 0.3 is 12.1 Å². The van der Waals surface area contributed by atoms with E-state index in [2.05, 4.69) is 5.32 Å². The number of ether oxygens (including phenoxy) is 1. The molecule has 2 aliphatic rings. The quantitative estimate of drug-likeness (QED) is 0.862. The van der Waals surface area contributed by atoms with Crippen molar-refractivity contribution in [1.82, 2.24) is 5.32 Å². The molecule has 2 saturated carbocycles. The maximum atomic E-state index is 11.6. The lowest BCUT2D eigenvalue weighted by Crippen LogP contribution is -2.27. The highest BCUT2D eigenvalue weighted by Crippen LogP contribution is 2.54. The van der Waals surface area contributed by atoms with Gasteiger partial charge in [-0.05, 0) is 30.2 Å². The third-order valence-corrected chi connectivity index (χ3v) is 4.06. The van der Waals surface area contributed by atoms with Crippen LogP contribution >= 0.6 is 0 Å². The van der Waals surface area contributed by atoms with E-state index in [0.29, 0.717) is 5.92 Å². The maximum absolute atomic E-state index is 11.6. The van der Waals surface area contributed by atoms with Gasteiger partial charge in [-0.25, -0.2) is 4.79 Å². The van der Waals surface area contributed by atoms with Crippen molar-refractivity contribution in [3.63, 3.8) is 0 Å². The molecule has 2 N–H and O–H groups in total. The molecule has 1 aromatic carbocycles. The first-order valence-corrected chi connectivity index (χ1v) is 6.85. The smallest absolute Gasteiger partial charge is 0.407 e. The van der Waals surface area contributed by atoms with E-state index in [1.165, 1.54) is 0 Å². The highest BCUT2D eigenvalue weighted by molar-refractivity contribution is 5.74. The first-order chi connectivity index (χ1) is 9.65. The number of amides is 1. The van der Waals surface area contributed by atoms with Gasteiger partial charge in [0.15, 0.2) is 0 Å². The molecule has 3 rings (SSSR count). The number of hydrogen-bond acceptors (Lipinski definition) is 3. The van der Waals surface area contributed by atoms with Crippen LogP contribution < -0.4 is 5.32 Å². The van der Waals surface area contributed by atoms with Crippen LogP contribution in [0.25, 0.3) is 0 Å². The molecule has 0 unspecified atom stereocenters. The Hall–Kier alpha value is -2.04. The van der Waals surface area contributed by atoms with Gasteiger partial charge in [0.1, 0.15) is 6.61 Å². The minimum Gasteiger partial charge on any atom is -0.481 e. The van der Waals surface area contributed by atoms with Crippen LogP contribution in [0.3, 0.4) is 0 Å². The monoisotopic (exact) mass is 275 g/mol. The molecule has 1 amide bonds. The predicted octanol–water partition coefficient (Wildman–Crippen LogP) is 2.02. The van der Waals surface area contributed by atoms with Gasteiger partial charge in [-0.3, -0.25) is 4.79 Å². The second-order valence-electron chi connectivity index (χ2n) is 5.56. The third kappa shape index (κ3) is 2.92. The fourth-order valence-corrected chi connectivity index (χ4v) is 2.74. The average Bonchev–Trinajstić information content (AvgIpc) is 3.30. The summed E-state index contributed by atoms with van der Waals surface area (Å²) >= 11 is 0. The summed E-state index contributed by atoms with van der Waals surface area (Å²) in [5.74, 6) is -0.355. The van der Waals surface area contributed by atoms with E-state index in [0.717, 1.165) is 18.4 Å². The van der Waals surface area contributed by atoms with E-state index in [4.69, 9.17) is 9.84 Å². The van der Waals surface area contributed by atoms with Gasteiger partial charge in [0, 0.05) is 6.04 Å². The van der Waals surface area contributed by atoms with Crippen molar-refractivity contribution < 1.29 is 19.4 Å². The van der Waals surface area contributed by atoms with Crippen molar-refractivity contribution in [1.29, 1.82) is 0 Å². The van der Waals surface area contributed by atoms with Gasteiger partial charge in [0.25, 0.3) is 0 Å². The molecule has 106 valence electrons. The molecule has 1 aromatic rings. The van der Waals surface area contributed by atoms with Crippen LogP contribution in [0.1, 0.15) is 18.4 Å². The van der Waals surface area contributed by atoms with Crippen molar-refractivity contribution in [3.05, 3.63) is 35.9 Å². The number of aliphatic carboxylic acids is 1. The lowest BCUT2D eigenvalue weighted by Gasteiger charge is -2.06. The van der Waals surface area contributed by atoms with E-state index < -0.39 is 12.1 Å². The number of rotatable bonds is 5. The average molecular weight is 275 g/mol. The van der Waals surface area contributed by atoms with Gasteiger partial charge < -0.3 is 15.2 Å². The zero-order valence-corrected chi connectivity index (χ0v) is 11.0. The number of carboxylic acid groups (broad SMARTS) is 1. The maximum Gasteiger partial charge on any atom is 0.407 e. The number of carbonyl (C=O) groups excluding carboxylic acids is 1. The van der Waals surface area contributed by atoms with Crippen molar-refractivity contribution in [2.75, 3.05) is 0 Å². The second kappa shape index (κ2) is 5.15. The molecule has 0 spiro atoms. The summed E-state index contributed by atoms with van der Waals surface area (Å²) in [7, 11) is 0. The van der Waals surface area contributed by atoms with Crippen LogP contribution in [0.2, 0.25) is 0 Å². The number of carboxylic acids is 1.